The molecular formula is C10H19N3O2S. The number of sulfonamides is 1. The minimum absolute atomic E-state index is 0.160. The maximum atomic E-state index is 11.2. The van der Waals surface area contributed by atoms with E-state index >= 15 is 0 Å². The zero-order valence-electron chi connectivity index (χ0n) is 9.81. The fourth-order valence-corrected chi connectivity index (χ4v) is 2.24. The number of rotatable bonds is 7. The highest BCUT2D eigenvalue weighted by atomic mass is 32.2. The van der Waals surface area contributed by atoms with Gasteiger partial charge >= 0.3 is 0 Å². The summed E-state index contributed by atoms with van der Waals surface area (Å²) in [6.07, 6.45) is 6.25. The molecule has 0 aliphatic rings. The molecule has 0 aliphatic carbocycles. The zero-order chi connectivity index (χ0) is 12.0. The van der Waals surface area contributed by atoms with E-state index in [1.807, 2.05) is 10.8 Å². The molecule has 0 radical (unpaired) electrons. The second-order valence-corrected chi connectivity index (χ2v) is 5.71. The van der Waals surface area contributed by atoms with Crippen molar-refractivity contribution in [2.45, 2.75) is 32.7 Å². The number of hydrogen-bond acceptors (Lipinski definition) is 3. The molecule has 1 aromatic heterocycles. The van der Waals surface area contributed by atoms with Crippen molar-refractivity contribution in [3.05, 3.63) is 18.2 Å². The topological polar surface area (TPSA) is 64.0 Å². The number of aryl methyl sites for hydroxylation is 2. The monoisotopic (exact) mass is 245 g/mol. The van der Waals surface area contributed by atoms with Crippen LogP contribution in [0.2, 0.25) is 0 Å². The van der Waals surface area contributed by atoms with Crippen LogP contribution in [0.3, 0.4) is 0 Å². The van der Waals surface area contributed by atoms with E-state index in [2.05, 4.69) is 16.6 Å². The summed E-state index contributed by atoms with van der Waals surface area (Å²) in [4.78, 5) is 4.24. The Kier molecular flexibility index (Phi) is 4.95. The molecule has 5 nitrogen and oxygen atoms in total. The Morgan fingerprint density at radius 1 is 1.50 bits per heavy atom. The van der Waals surface area contributed by atoms with Gasteiger partial charge in [-0.1, -0.05) is 6.92 Å². The molecule has 16 heavy (non-hydrogen) atoms. The Labute approximate surface area is 96.9 Å². The van der Waals surface area contributed by atoms with E-state index in [0.29, 0.717) is 13.0 Å². The van der Waals surface area contributed by atoms with Gasteiger partial charge in [0.15, 0.2) is 0 Å². The van der Waals surface area contributed by atoms with Crippen LogP contribution in [0.1, 0.15) is 25.6 Å². The van der Waals surface area contributed by atoms with Gasteiger partial charge in [0.05, 0.1) is 5.75 Å². The summed E-state index contributed by atoms with van der Waals surface area (Å²) in [6.45, 7) is 2.81. The van der Waals surface area contributed by atoms with Crippen LogP contribution in [0, 0.1) is 0 Å². The van der Waals surface area contributed by atoms with Gasteiger partial charge in [-0.05, 0) is 19.9 Å². The fraction of sp³-hybridized carbons (Fsp3) is 0.700. The van der Waals surface area contributed by atoms with E-state index in [4.69, 9.17) is 0 Å². The average molecular weight is 245 g/mol. The lowest BCUT2D eigenvalue weighted by molar-refractivity contribution is 0.574. The molecular weight excluding hydrogens is 226 g/mol. The molecule has 1 heterocycles. The molecule has 0 aromatic carbocycles. The molecule has 92 valence electrons. The number of nitrogens with one attached hydrogen (secondary N) is 1. The van der Waals surface area contributed by atoms with Gasteiger partial charge in [0.25, 0.3) is 0 Å². The molecule has 1 rings (SSSR count). The summed E-state index contributed by atoms with van der Waals surface area (Å²) in [5, 5.41) is 0. The molecule has 1 N–H and O–H groups in total. The average Bonchev–Trinajstić information content (AvgIpc) is 2.66. The summed E-state index contributed by atoms with van der Waals surface area (Å²) in [5.41, 5.74) is 0. The molecule has 0 fully saturated rings. The van der Waals surface area contributed by atoms with E-state index in [9.17, 15) is 8.42 Å². The third-order valence-electron chi connectivity index (χ3n) is 2.40. The van der Waals surface area contributed by atoms with Crippen molar-refractivity contribution >= 4 is 10.0 Å². The maximum Gasteiger partial charge on any atom is 0.211 e. The van der Waals surface area contributed by atoms with Gasteiger partial charge in [-0.15, -0.1) is 0 Å². The van der Waals surface area contributed by atoms with Gasteiger partial charge in [-0.25, -0.2) is 18.1 Å². The molecule has 6 heteroatoms. The van der Waals surface area contributed by atoms with E-state index in [1.54, 1.807) is 6.20 Å². The Hall–Kier alpha value is -0.880. The van der Waals surface area contributed by atoms with Crippen molar-refractivity contribution in [1.29, 1.82) is 0 Å². The van der Waals surface area contributed by atoms with Crippen molar-refractivity contribution in [2.75, 3.05) is 12.8 Å². The third-order valence-corrected chi connectivity index (χ3v) is 3.85. The fourth-order valence-electron chi connectivity index (χ4n) is 1.52. The lowest BCUT2D eigenvalue weighted by Crippen LogP contribution is -2.22. The highest BCUT2D eigenvalue weighted by molar-refractivity contribution is 7.89. The first-order valence-corrected chi connectivity index (χ1v) is 7.15. The van der Waals surface area contributed by atoms with E-state index in [0.717, 1.165) is 18.7 Å². The molecule has 0 aliphatic heterocycles. The second-order valence-electron chi connectivity index (χ2n) is 3.66. The van der Waals surface area contributed by atoms with Crippen LogP contribution in [0.15, 0.2) is 12.4 Å². The quantitative estimate of drug-likeness (QED) is 0.772. The van der Waals surface area contributed by atoms with Crippen LogP contribution in [0.25, 0.3) is 0 Å². The Balaban J connectivity index is 2.46. The lowest BCUT2D eigenvalue weighted by atomic mass is 10.3. The van der Waals surface area contributed by atoms with Crippen molar-refractivity contribution in [3.8, 4) is 0 Å². The molecule has 1 aromatic rings. The minimum Gasteiger partial charge on any atom is -0.335 e. The molecule has 0 saturated carbocycles. The third kappa shape index (κ3) is 3.94. The highest BCUT2D eigenvalue weighted by Crippen LogP contribution is 2.03. The predicted molar refractivity (Wildman–Crippen MR) is 63.7 cm³/mol. The largest absolute Gasteiger partial charge is 0.335 e. The van der Waals surface area contributed by atoms with E-state index < -0.39 is 10.0 Å². The van der Waals surface area contributed by atoms with Gasteiger partial charge in [0.1, 0.15) is 5.82 Å². The van der Waals surface area contributed by atoms with Crippen LogP contribution in [0.4, 0.5) is 0 Å². The van der Waals surface area contributed by atoms with Crippen molar-refractivity contribution < 1.29 is 8.42 Å². The summed E-state index contributed by atoms with van der Waals surface area (Å²) in [7, 11) is -1.64. The van der Waals surface area contributed by atoms with Crippen LogP contribution >= 0.6 is 0 Å². The van der Waals surface area contributed by atoms with Gasteiger partial charge in [-0.2, -0.15) is 0 Å². The molecule has 0 saturated heterocycles. The summed E-state index contributed by atoms with van der Waals surface area (Å²) in [5.74, 6) is 1.19. The summed E-state index contributed by atoms with van der Waals surface area (Å²) in [6, 6.07) is 0. The molecule has 0 spiro atoms. The molecule has 0 amide bonds. The first-order valence-electron chi connectivity index (χ1n) is 5.50. The summed E-state index contributed by atoms with van der Waals surface area (Å²) >= 11 is 0. The molecule has 0 atom stereocenters. The molecule has 0 unspecified atom stereocenters. The second kappa shape index (κ2) is 6.00. The first kappa shape index (κ1) is 13.2. The normalized spacial score (nSPS) is 11.9. The Morgan fingerprint density at radius 2 is 2.25 bits per heavy atom. The summed E-state index contributed by atoms with van der Waals surface area (Å²) < 4.78 is 26.7. The lowest BCUT2D eigenvalue weighted by Gasteiger charge is -2.07. The van der Waals surface area contributed by atoms with Crippen LogP contribution in [0.5, 0.6) is 0 Å². The van der Waals surface area contributed by atoms with Crippen LogP contribution < -0.4 is 4.72 Å². The highest BCUT2D eigenvalue weighted by Gasteiger charge is 2.07. The predicted octanol–water partition coefficient (Wildman–Crippen LogP) is 0.775. The van der Waals surface area contributed by atoms with E-state index in [-0.39, 0.29) is 5.75 Å². The smallest absolute Gasteiger partial charge is 0.211 e. The van der Waals surface area contributed by atoms with Gasteiger partial charge in [0, 0.05) is 25.4 Å². The van der Waals surface area contributed by atoms with Gasteiger partial charge in [0.2, 0.25) is 10.0 Å². The number of nitrogens with zero attached hydrogens (tertiary/aromatic N) is 2. The van der Waals surface area contributed by atoms with Crippen molar-refractivity contribution in [3.63, 3.8) is 0 Å². The van der Waals surface area contributed by atoms with Crippen LogP contribution in [-0.4, -0.2) is 30.8 Å². The number of hydrogen-bond donors (Lipinski definition) is 1. The molecule has 0 bridgehead atoms. The standard InChI is InChI=1S/C10H19N3O2S/c1-3-5-10-12-6-8-13(10)7-4-9-16(14,15)11-2/h6,8,11H,3-5,7,9H2,1-2H3. The SMILES string of the molecule is CCCc1nccn1CCCS(=O)(=O)NC. The van der Waals surface area contributed by atoms with Crippen LogP contribution in [-0.2, 0) is 23.0 Å². The maximum absolute atomic E-state index is 11.2. The first-order chi connectivity index (χ1) is 7.59. The van der Waals surface area contributed by atoms with Gasteiger partial charge in [-0.3, -0.25) is 0 Å². The van der Waals surface area contributed by atoms with Crippen molar-refractivity contribution in [1.82, 2.24) is 14.3 Å². The zero-order valence-corrected chi connectivity index (χ0v) is 10.6. The van der Waals surface area contributed by atoms with Gasteiger partial charge < -0.3 is 4.57 Å². The van der Waals surface area contributed by atoms with Crippen molar-refractivity contribution in [2.24, 2.45) is 0 Å². The number of aromatic nitrogens is 2. The Bertz CT molecular complexity index is 411. The Morgan fingerprint density at radius 3 is 2.88 bits per heavy atom. The van der Waals surface area contributed by atoms with E-state index in [1.165, 1.54) is 7.05 Å². The minimum atomic E-state index is -3.08. The number of imidazole rings is 1.